The fourth-order valence-corrected chi connectivity index (χ4v) is 2.65. The van der Waals surface area contributed by atoms with Gasteiger partial charge in [0.2, 0.25) is 0 Å². The van der Waals surface area contributed by atoms with Crippen LogP contribution in [0.15, 0.2) is 42.0 Å². The quantitative estimate of drug-likeness (QED) is 0.277. The Labute approximate surface area is 143 Å². The lowest BCUT2D eigenvalue weighted by Gasteiger charge is -2.15. The van der Waals surface area contributed by atoms with Crippen LogP contribution in [0.4, 0.5) is 0 Å². The third kappa shape index (κ3) is 8.81. The highest BCUT2D eigenvalue weighted by Gasteiger charge is 2.15. The van der Waals surface area contributed by atoms with Crippen molar-refractivity contribution in [1.82, 2.24) is 0 Å². The Bertz CT molecular complexity index is 636. The summed E-state index contributed by atoms with van der Waals surface area (Å²) in [6.07, 6.45) is 2.70. The van der Waals surface area contributed by atoms with Gasteiger partial charge >= 0.3 is 5.97 Å². The Morgan fingerprint density at radius 2 is 1.92 bits per heavy atom. The largest absolute Gasteiger partial charge is 0.466 e. The van der Waals surface area contributed by atoms with Gasteiger partial charge in [0.15, 0.2) is 0 Å². The summed E-state index contributed by atoms with van der Waals surface area (Å²) in [6.45, 7) is 2.40. The summed E-state index contributed by atoms with van der Waals surface area (Å²) in [5.41, 5.74) is 1.45. The second kappa shape index (κ2) is 10.2. The Morgan fingerprint density at radius 1 is 1.25 bits per heavy atom. The molecule has 1 aromatic carbocycles. The number of hydrogen-bond donors (Lipinski definition) is 0. The van der Waals surface area contributed by atoms with E-state index in [1.165, 1.54) is 7.11 Å². The van der Waals surface area contributed by atoms with Gasteiger partial charge in [-0.1, -0.05) is 36.4 Å². The van der Waals surface area contributed by atoms with Gasteiger partial charge in [-0.05, 0) is 25.3 Å². The Balaban J connectivity index is 2.51. The molecule has 1 rings (SSSR count). The predicted octanol–water partition coefficient (Wildman–Crippen LogP) is 2.45. The van der Waals surface area contributed by atoms with Gasteiger partial charge < -0.3 is 9.47 Å². The molecule has 0 aliphatic heterocycles. The van der Waals surface area contributed by atoms with Crippen molar-refractivity contribution in [3.8, 4) is 0 Å². The molecule has 1 aromatic rings. The number of methoxy groups -OCH3 is 1. The Hall–Kier alpha value is -1.70. The number of rotatable bonds is 10. The average Bonchev–Trinajstić information content (AvgIpc) is 2.54. The molecule has 0 saturated heterocycles. The molecule has 0 heterocycles. The molecule has 134 valence electrons. The van der Waals surface area contributed by atoms with E-state index in [-0.39, 0.29) is 6.42 Å². The van der Waals surface area contributed by atoms with Crippen molar-refractivity contribution in [3.63, 3.8) is 0 Å². The highest BCUT2D eigenvalue weighted by atomic mass is 32.2. The molecule has 0 fully saturated rings. The first kappa shape index (κ1) is 20.3. The molecule has 7 heteroatoms. The fourth-order valence-electron chi connectivity index (χ4n) is 1.98. The number of carbonyl (C=O) groups excluding carboxylic acids is 1. The zero-order chi connectivity index (χ0) is 18.0. The van der Waals surface area contributed by atoms with E-state index in [4.69, 9.17) is 8.92 Å². The van der Waals surface area contributed by atoms with Crippen molar-refractivity contribution < 1.29 is 26.9 Å². The molecular formula is C17H24O6S. The maximum Gasteiger partial charge on any atom is 0.333 e. The molecule has 0 unspecified atom stereocenters. The third-order valence-corrected chi connectivity index (χ3v) is 3.82. The van der Waals surface area contributed by atoms with Crippen molar-refractivity contribution in [1.29, 1.82) is 0 Å². The van der Waals surface area contributed by atoms with Crippen LogP contribution in [0.3, 0.4) is 0 Å². The van der Waals surface area contributed by atoms with Crippen LogP contribution in [0.25, 0.3) is 0 Å². The summed E-state index contributed by atoms with van der Waals surface area (Å²) >= 11 is 0. The summed E-state index contributed by atoms with van der Waals surface area (Å²) in [7, 11) is -2.29. The van der Waals surface area contributed by atoms with E-state index < -0.39 is 22.2 Å². The Morgan fingerprint density at radius 3 is 2.50 bits per heavy atom. The van der Waals surface area contributed by atoms with E-state index in [0.717, 1.165) is 11.8 Å². The minimum Gasteiger partial charge on any atom is -0.466 e. The smallest absolute Gasteiger partial charge is 0.333 e. The van der Waals surface area contributed by atoms with Crippen LogP contribution in [-0.2, 0) is 35.2 Å². The summed E-state index contributed by atoms with van der Waals surface area (Å²) < 4.78 is 37.9. The van der Waals surface area contributed by atoms with Crippen LogP contribution in [0.5, 0.6) is 0 Å². The highest BCUT2D eigenvalue weighted by molar-refractivity contribution is 7.86. The molecule has 0 spiro atoms. The maximum atomic E-state index is 11.4. The van der Waals surface area contributed by atoms with Crippen LogP contribution in [-0.4, -0.2) is 40.5 Å². The third-order valence-electron chi connectivity index (χ3n) is 3.20. The minimum absolute atomic E-state index is 0.280. The van der Waals surface area contributed by atoms with Gasteiger partial charge in [0.25, 0.3) is 10.1 Å². The van der Waals surface area contributed by atoms with Gasteiger partial charge in [-0.25, -0.2) is 4.79 Å². The van der Waals surface area contributed by atoms with Crippen LogP contribution in [0.1, 0.15) is 25.3 Å². The lowest BCUT2D eigenvalue weighted by molar-refractivity contribution is -0.136. The first-order valence-corrected chi connectivity index (χ1v) is 9.38. The lowest BCUT2D eigenvalue weighted by Crippen LogP contribution is -2.19. The summed E-state index contributed by atoms with van der Waals surface area (Å²) in [6, 6.07) is 9.68. The van der Waals surface area contributed by atoms with Crippen molar-refractivity contribution in [2.75, 3.05) is 20.0 Å². The highest BCUT2D eigenvalue weighted by Crippen LogP contribution is 2.12. The second-order valence-corrected chi connectivity index (χ2v) is 6.96. The van der Waals surface area contributed by atoms with Crippen LogP contribution in [0.2, 0.25) is 0 Å². The van der Waals surface area contributed by atoms with Crippen molar-refractivity contribution in [2.45, 2.75) is 32.5 Å². The van der Waals surface area contributed by atoms with Gasteiger partial charge in [0.05, 0.1) is 26.1 Å². The topological polar surface area (TPSA) is 78.9 Å². The number of esters is 1. The minimum atomic E-state index is -3.59. The average molecular weight is 356 g/mol. The molecule has 0 bridgehead atoms. The summed E-state index contributed by atoms with van der Waals surface area (Å²) in [4.78, 5) is 11.4. The molecule has 0 aliphatic rings. The van der Waals surface area contributed by atoms with Crippen molar-refractivity contribution in [2.24, 2.45) is 0 Å². The molecule has 0 saturated carbocycles. The SMILES string of the molecule is COC(=O)/C(C)=C/C[C@H](CCOCc1ccccc1)OS(C)(=O)=O. The first-order valence-electron chi connectivity index (χ1n) is 7.57. The molecule has 0 aromatic heterocycles. The monoisotopic (exact) mass is 356 g/mol. The van der Waals surface area contributed by atoms with Crippen LogP contribution >= 0.6 is 0 Å². The maximum absolute atomic E-state index is 11.4. The molecule has 0 amide bonds. The molecule has 0 radical (unpaired) electrons. The van der Waals surface area contributed by atoms with Gasteiger partial charge in [0, 0.05) is 12.2 Å². The van der Waals surface area contributed by atoms with E-state index in [1.54, 1.807) is 13.0 Å². The molecule has 24 heavy (non-hydrogen) atoms. The summed E-state index contributed by atoms with van der Waals surface area (Å²) in [5, 5.41) is 0. The standard InChI is InChI=1S/C17H24O6S/c1-14(17(18)21-2)9-10-16(23-24(3,19)20)11-12-22-13-15-7-5-4-6-8-15/h4-9,16H,10-13H2,1-3H3/b14-9+/t16-/m1/s1. The van der Waals surface area contributed by atoms with Crippen molar-refractivity contribution in [3.05, 3.63) is 47.5 Å². The second-order valence-electron chi connectivity index (χ2n) is 5.36. The predicted molar refractivity (Wildman–Crippen MR) is 90.8 cm³/mol. The van der Waals surface area contributed by atoms with Gasteiger partial charge in [-0.3, -0.25) is 4.18 Å². The van der Waals surface area contributed by atoms with E-state index in [2.05, 4.69) is 4.74 Å². The molecule has 6 nitrogen and oxygen atoms in total. The molecule has 1 atom stereocenters. The Kier molecular flexibility index (Phi) is 8.67. The van der Waals surface area contributed by atoms with Crippen LogP contribution in [0, 0.1) is 0 Å². The van der Waals surface area contributed by atoms with Gasteiger partial charge in [-0.15, -0.1) is 0 Å². The summed E-state index contributed by atoms with van der Waals surface area (Å²) in [5.74, 6) is -0.451. The normalized spacial score (nSPS) is 13.5. The number of ether oxygens (including phenoxy) is 2. The van der Waals surface area contributed by atoms with Crippen molar-refractivity contribution >= 4 is 16.1 Å². The van der Waals surface area contributed by atoms with Gasteiger partial charge in [0.1, 0.15) is 0 Å². The molecular weight excluding hydrogens is 332 g/mol. The fraction of sp³-hybridized carbons (Fsp3) is 0.471. The van der Waals surface area contributed by atoms with E-state index in [9.17, 15) is 13.2 Å². The zero-order valence-electron chi connectivity index (χ0n) is 14.2. The first-order chi connectivity index (χ1) is 11.3. The molecule has 0 N–H and O–H groups in total. The molecule has 0 aliphatic carbocycles. The number of hydrogen-bond acceptors (Lipinski definition) is 6. The van der Waals surface area contributed by atoms with E-state index in [0.29, 0.717) is 25.2 Å². The number of carbonyl (C=O) groups is 1. The van der Waals surface area contributed by atoms with Gasteiger partial charge in [-0.2, -0.15) is 8.42 Å². The van der Waals surface area contributed by atoms with Crippen LogP contribution < -0.4 is 0 Å². The lowest BCUT2D eigenvalue weighted by atomic mass is 10.1. The van der Waals surface area contributed by atoms with E-state index in [1.807, 2.05) is 30.3 Å². The number of benzene rings is 1. The zero-order valence-corrected chi connectivity index (χ0v) is 15.0. The van der Waals surface area contributed by atoms with E-state index >= 15 is 0 Å².